The van der Waals surface area contributed by atoms with Crippen LogP contribution in [-0.2, 0) is 0 Å². The maximum atomic E-state index is 11.8. The summed E-state index contributed by atoms with van der Waals surface area (Å²) in [5.41, 5.74) is 0.473. The quantitative estimate of drug-likeness (QED) is 0.610. The van der Waals surface area contributed by atoms with Gasteiger partial charge in [-0.3, -0.25) is 4.98 Å². The van der Waals surface area contributed by atoms with Gasteiger partial charge in [0.25, 0.3) is 0 Å². The van der Waals surface area contributed by atoms with Gasteiger partial charge in [0.1, 0.15) is 11.5 Å². The number of ether oxygens (including phenoxy) is 2. The molecule has 0 unspecified atom stereocenters. The second-order valence-corrected chi connectivity index (χ2v) is 3.95. The lowest BCUT2D eigenvalue weighted by Crippen LogP contribution is -2.08. The summed E-state index contributed by atoms with van der Waals surface area (Å²) in [6.07, 6.45) is 4.06. The summed E-state index contributed by atoms with van der Waals surface area (Å²) in [5, 5.41) is 0. The molecule has 0 saturated heterocycles. The summed E-state index contributed by atoms with van der Waals surface area (Å²) < 4.78 is 10.7. The number of nitrogens with zero attached hydrogens (tertiary/aromatic N) is 1. The van der Waals surface area contributed by atoms with Crippen LogP contribution in [0.5, 0.6) is 11.5 Å². The Labute approximate surface area is 112 Å². The fourth-order valence-corrected chi connectivity index (χ4v) is 1.48. The van der Waals surface area contributed by atoms with Crippen LogP contribution in [0.15, 0.2) is 48.8 Å². The average molecular weight is 257 g/mol. The molecule has 0 amide bonds. The topological polar surface area (TPSA) is 48.4 Å². The molecule has 0 radical (unpaired) electrons. The Morgan fingerprint density at radius 3 is 2.32 bits per heavy atom. The van der Waals surface area contributed by atoms with Crippen molar-refractivity contribution in [2.24, 2.45) is 0 Å². The van der Waals surface area contributed by atoms with Crippen molar-refractivity contribution in [1.82, 2.24) is 4.98 Å². The molecular weight excluding hydrogens is 242 g/mol. The van der Waals surface area contributed by atoms with E-state index in [1.807, 2.05) is 6.92 Å². The van der Waals surface area contributed by atoms with Crippen molar-refractivity contribution in [2.75, 3.05) is 6.61 Å². The van der Waals surface area contributed by atoms with Gasteiger partial charge in [-0.25, -0.2) is 4.79 Å². The number of aromatic nitrogens is 1. The minimum absolute atomic E-state index is 0.398. The number of carbonyl (C=O) groups excluding carboxylic acids is 1. The Bertz CT molecular complexity index is 523. The number of hydrogen-bond acceptors (Lipinski definition) is 4. The Hall–Kier alpha value is -2.36. The van der Waals surface area contributed by atoms with E-state index in [9.17, 15) is 4.79 Å². The third-order valence-corrected chi connectivity index (χ3v) is 2.42. The summed E-state index contributed by atoms with van der Waals surface area (Å²) in [6, 6.07) is 10.2. The van der Waals surface area contributed by atoms with Crippen LogP contribution in [0.4, 0.5) is 0 Å². The Balaban J connectivity index is 1.98. The standard InChI is InChI=1S/C15H15NO3/c1-2-11-18-13-3-5-14(6-4-13)19-15(17)12-7-9-16-10-8-12/h3-10H,2,11H2,1H3. The van der Waals surface area contributed by atoms with Gasteiger partial charge in [-0.05, 0) is 42.8 Å². The molecule has 4 heteroatoms. The van der Waals surface area contributed by atoms with Crippen LogP contribution in [-0.4, -0.2) is 17.6 Å². The van der Waals surface area contributed by atoms with Crippen LogP contribution in [0, 0.1) is 0 Å². The fourth-order valence-electron chi connectivity index (χ4n) is 1.48. The molecule has 2 rings (SSSR count). The van der Waals surface area contributed by atoms with Gasteiger partial charge in [0, 0.05) is 12.4 Å². The smallest absolute Gasteiger partial charge is 0.343 e. The second kappa shape index (κ2) is 6.54. The molecule has 4 nitrogen and oxygen atoms in total. The molecule has 1 aromatic heterocycles. The first-order valence-electron chi connectivity index (χ1n) is 6.14. The van der Waals surface area contributed by atoms with Crippen molar-refractivity contribution in [3.63, 3.8) is 0 Å². The molecule has 0 bridgehead atoms. The predicted molar refractivity (Wildman–Crippen MR) is 71.4 cm³/mol. The molecule has 0 aliphatic heterocycles. The van der Waals surface area contributed by atoms with E-state index >= 15 is 0 Å². The largest absolute Gasteiger partial charge is 0.494 e. The molecule has 19 heavy (non-hydrogen) atoms. The van der Waals surface area contributed by atoms with Crippen molar-refractivity contribution in [1.29, 1.82) is 0 Å². The Morgan fingerprint density at radius 1 is 1.05 bits per heavy atom. The van der Waals surface area contributed by atoms with Gasteiger partial charge in [-0.15, -0.1) is 0 Å². The molecule has 0 atom stereocenters. The van der Waals surface area contributed by atoms with Gasteiger partial charge < -0.3 is 9.47 Å². The number of pyridine rings is 1. The molecule has 0 N–H and O–H groups in total. The minimum Gasteiger partial charge on any atom is -0.494 e. The van der Waals surface area contributed by atoms with E-state index in [-0.39, 0.29) is 0 Å². The number of carbonyl (C=O) groups is 1. The highest BCUT2D eigenvalue weighted by molar-refractivity contribution is 5.90. The SMILES string of the molecule is CCCOc1ccc(OC(=O)c2ccncc2)cc1. The van der Waals surface area contributed by atoms with Gasteiger partial charge >= 0.3 is 5.97 Å². The van der Waals surface area contributed by atoms with Crippen molar-refractivity contribution >= 4 is 5.97 Å². The number of rotatable bonds is 5. The average Bonchev–Trinajstić information content (AvgIpc) is 2.47. The summed E-state index contributed by atoms with van der Waals surface area (Å²) in [6.45, 7) is 2.72. The lowest BCUT2D eigenvalue weighted by molar-refractivity contribution is 0.0734. The molecule has 0 saturated carbocycles. The van der Waals surface area contributed by atoms with E-state index in [0.29, 0.717) is 17.9 Å². The van der Waals surface area contributed by atoms with E-state index in [1.54, 1.807) is 48.8 Å². The monoisotopic (exact) mass is 257 g/mol. The highest BCUT2D eigenvalue weighted by Crippen LogP contribution is 2.18. The number of benzene rings is 1. The van der Waals surface area contributed by atoms with Gasteiger partial charge in [-0.1, -0.05) is 6.92 Å². The summed E-state index contributed by atoms with van der Waals surface area (Å²) in [7, 11) is 0. The normalized spacial score (nSPS) is 9.95. The number of hydrogen-bond donors (Lipinski definition) is 0. The van der Waals surface area contributed by atoms with E-state index < -0.39 is 5.97 Å². The van der Waals surface area contributed by atoms with Gasteiger partial charge in [0.05, 0.1) is 12.2 Å². The highest BCUT2D eigenvalue weighted by atomic mass is 16.5. The van der Waals surface area contributed by atoms with Crippen LogP contribution in [0.25, 0.3) is 0 Å². The molecule has 98 valence electrons. The van der Waals surface area contributed by atoms with Crippen LogP contribution in [0.1, 0.15) is 23.7 Å². The molecule has 0 spiro atoms. The lowest BCUT2D eigenvalue weighted by Gasteiger charge is -2.06. The van der Waals surface area contributed by atoms with E-state index in [2.05, 4.69) is 4.98 Å². The van der Waals surface area contributed by atoms with Crippen LogP contribution >= 0.6 is 0 Å². The minimum atomic E-state index is -0.398. The molecule has 0 aliphatic carbocycles. The zero-order valence-corrected chi connectivity index (χ0v) is 10.7. The van der Waals surface area contributed by atoms with Crippen molar-refractivity contribution in [3.8, 4) is 11.5 Å². The van der Waals surface area contributed by atoms with Crippen molar-refractivity contribution < 1.29 is 14.3 Å². The summed E-state index contributed by atoms with van der Waals surface area (Å²) in [5.74, 6) is 0.862. The van der Waals surface area contributed by atoms with Gasteiger partial charge in [0.2, 0.25) is 0 Å². The highest BCUT2D eigenvalue weighted by Gasteiger charge is 2.07. The Morgan fingerprint density at radius 2 is 1.68 bits per heavy atom. The zero-order valence-electron chi connectivity index (χ0n) is 10.7. The fraction of sp³-hybridized carbons (Fsp3) is 0.200. The lowest BCUT2D eigenvalue weighted by atomic mass is 10.3. The van der Waals surface area contributed by atoms with Gasteiger partial charge in [-0.2, -0.15) is 0 Å². The van der Waals surface area contributed by atoms with Crippen LogP contribution in [0.2, 0.25) is 0 Å². The maximum absolute atomic E-state index is 11.8. The summed E-state index contributed by atoms with van der Waals surface area (Å²) >= 11 is 0. The second-order valence-electron chi connectivity index (χ2n) is 3.95. The van der Waals surface area contributed by atoms with Crippen LogP contribution in [0.3, 0.4) is 0 Å². The molecular formula is C15H15NO3. The van der Waals surface area contributed by atoms with E-state index in [1.165, 1.54) is 0 Å². The molecule has 0 fully saturated rings. The van der Waals surface area contributed by atoms with Crippen molar-refractivity contribution in [3.05, 3.63) is 54.4 Å². The Kier molecular flexibility index (Phi) is 4.50. The van der Waals surface area contributed by atoms with Gasteiger partial charge in [0.15, 0.2) is 0 Å². The molecule has 1 aromatic carbocycles. The number of esters is 1. The van der Waals surface area contributed by atoms with E-state index in [0.717, 1.165) is 12.2 Å². The van der Waals surface area contributed by atoms with Crippen molar-refractivity contribution in [2.45, 2.75) is 13.3 Å². The first-order chi connectivity index (χ1) is 9.29. The maximum Gasteiger partial charge on any atom is 0.343 e. The third-order valence-electron chi connectivity index (χ3n) is 2.42. The molecule has 0 aliphatic rings. The summed E-state index contributed by atoms with van der Waals surface area (Å²) in [4.78, 5) is 15.6. The van der Waals surface area contributed by atoms with E-state index in [4.69, 9.17) is 9.47 Å². The third kappa shape index (κ3) is 3.81. The predicted octanol–water partition coefficient (Wildman–Crippen LogP) is 3.09. The van der Waals surface area contributed by atoms with Crippen LogP contribution < -0.4 is 9.47 Å². The first kappa shape index (κ1) is 13.1. The molecule has 2 aromatic rings. The zero-order chi connectivity index (χ0) is 13.5. The molecule has 1 heterocycles. The first-order valence-corrected chi connectivity index (χ1v) is 6.14.